The van der Waals surface area contributed by atoms with Crippen LogP contribution in [-0.4, -0.2) is 28.2 Å². The number of benzene rings is 2. The number of imidazole rings is 4. The molecule has 256 valence electrons. The third kappa shape index (κ3) is 5.30. The van der Waals surface area contributed by atoms with E-state index in [2.05, 4.69) is 35.0 Å². The van der Waals surface area contributed by atoms with Gasteiger partial charge in [0.15, 0.2) is 0 Å². The fourth-order valence-electron chi connectivity index (χ4n) is 6.11. The quantitative estimate of drug-likeness (QED) is 0.192. The Bertz CT molecular complexity index is 2570. The van der Waals surface area contributed by atoms with E-state index in [-0.39, 0.29) is 42.1 Å². The maximum absolute atomic E-state index is 5.82. The molecule has 8 heterocycles. The second-order valence-corrected chi connectivity index (χ2v) is 11.6. The third-order valence-corrected chi connectivity index (χ3v) is 8.42. The normalized spacial score (nSPS) is 11.3. The van der Waals surface area contributed by atoms with Gasteiger partial charge in [-0.3, -0.25) is 0 Å². The zero-order chi connectivity index (χ0) is 32.5. The van der Waals surface area contributed by atoms with Gasteiger partial charge in [0.05, 0.1) is 38.0 Å². The van der Waals surface area contributed by atoms with Crippen molar-refractivity contribution in [2.45, 2.75) is 0 Å². The van der Waals surface area contributed by atoms with Crippen LogP contribution in [0.2, 0.25) is 0 Å². The van der Waals surface area contributed by atoms with Crippen LogP contribution in [0.4, 0.5) is 0 Å². The number of hydrogen-bond acceptors (Lipinski definition) is 4. The van der Waals surface area contributed by atoms with Crippen molar-refractivity contribution in [2.75, 3.05) is 0 Å². The van der Waals surface area contributed by atoms with Crippen LogP contribution in [0.15, 0.2) is 94.9 Å². The third-order valence-electron chi connectivity index (χ3n) is 8.42. The Balaban J connectivity index is 0.000000151. The van der Waals surface area contributed by atoms with E-state index in [0.29, 0.717) is 0 Å². The Morgan fingerprint density at radius 1 is 0.640 bits per heavy atom. The molecule has 0 bridgehead atoms. The molecular weight excluding hydrogens is 995 g/mol. The maximum atomic E-state index is 5.82. The second kappa shape index (κ2) is 12.9. The molecule has 0 saturated heterocycles. The number of nitrogens with zero attached hydrogens (tertiary/aromatic N) is 10. The van der Waals surface area contributed by atoms with E-state index in [0.717, 1.165) is 78.2 Å². The molecule has 8 aromatic heterocycles. The van der Waals surface area contributed by atoms with Crippen LogP contribution in [0, 0.1) is 25.0 Å². The summed E-state index contributed by atoms with van der Waals surface area (Å²) in [4.78, 5) is 18.3. The predicted molar refractivity (Wildman–Crippen MR) is 175 cm³/mol. The molecule has 0 aliphatic carbocycles. The van der Waals surface area contributed by atoms with Gasteiger partial charge in [-0.15, -0.1) is 23.4 Å². The molecule has 0 amide bonds. The maximum Gasteiger partial charge on any atom is 0.243 e. The minimum atomic E-state index is 0. The molecule has 2 aromatic carbocycles. The van der Waals surface area contributed by atoms with Gasteiger partial charge >= 0.3 is 0 Å². The van der Waals surface area contributed by atoms with Crippen LogP contribution < -0.4 is 19.1 Å². The first-order valence-electron chi connectivity index (χ1n) is 15.1. The standard InChI is InChI=1S/2C18H13N5O.2Pt/c2*1-21-8-9-23(11-21)14-10-24-17-12-4-3-5-13(15(12)20-16(14)17)18-19-6-7-22(18)2;;/h2*3-5,7-10H,1-2H3;;/q2*-2;;. The van der Waals surface area contributed by atoms with Crippen molar-refractivity contribution in [3.8, 4) is 34.2 Å². The van der Waals surface area contributed by atoms with Gasteiger partial charge in [0, 0.05) is 66.9 Å². The zero-order valence-electron chi connectivity index (χ0n) is 27.0. The van der Waals surface area contributed by atoms with Crippen LogP contribution in [0.3, 0.4) is 0 Å². The largest absolute Gasteiger partial charge is 0.660 e. The molecule has 12 nitrogen and oxygen atoms in total. The Morgan fingerprint density at radius 2 is 1.08 bits per heavy atom. The van der Waals surface area contributed by atoms with Gasteiger partial charge in [-0.2, -0.15) is 0 Å². The van der Waals surface area contributed by atoms with E-state index >= 15 is 0 Å². The van der Waals surface area contributed by atoms with E-state index in [9.17, 15) is 0 Å². The molecule has 0 fully saturated rings. The summed E-state index contributed by atoms with van der Waals surface area (Å²) in [5.41, 5.74) is 8.66. The molecule has 10 aromatic rings. The summed E-state index contributed by atoms with van der Waals surface area (Å²) in [5.74, 6) is 1.67. The molecule has 14 heteroatoms. The van der Waals surface area contributed by atoms with E-state index in [1.54, 1.807) is 24.9 Å². The van der Waals surface area contributed by atoms with Crippen LogP contribution >= 0.6 is 0 Å². The van der Waals surface area contributed by atoms with Crippen LogP contribution in [-0.2, 0) is 70.3 Å². The van der Waals surface area contributed by atoms with Crippen molar-refractivity contribution in [2.24, 2.45) is 28.2 Å². The van der Waals surface area contributed by atoms with Crippen molar-refractivity contribution in [1.29, 1.82) is 0 Å². The van der Waals surface area contributed by atoms with Gasteiger partial charge in [-0.05, 0) is 36.5 Å². The number of rotatable bonds is 4. The summed E-state index contributed by atoms with van der Waals surface area (Å²) in [6.45, 7) is 0. The summed E-state index contributed by atoms with van der Waals surface area (Å²) in [7, 11) is 7.76. The second-order valence-electron chi connectivity index (χ2n) is 11.6. The van der Waals surface area contributed by atoms with Crippen LogP contribution in [0.1, 0.15) is 0 Å². The smallest absolute Gasteiger partial charge is 0.243 e. The van der Waals surface area contributed by atoms with Crippen molar-refractivity contribution in [3.63, 3.8) is 0 Å². The molecule has 0 aliphatic rings. The zero-order valence-corrected chi connectivity index (χ0v) is 31.5. The summed E-state index contributed by atoms with van der Waals surface area (Å²) < 4.78 is 23.0. The van der Waals surface area contributed by atoms with Gasteiger partial charge in [-0.1, -0.05) is 71.0 Å². The van der Waals surface area contributed by atoms with Crippen molar-refractivity contribution >= 4 is 44.0 Å². The van der Waals surface area contributed by atoms with E-state index in [1.807, 2.05) is 117 Å². The molecular formula is C36H26N10O2Pt2-4. The number of furan rings is 2. The number of para-hydroxylation sites is 2. The van der Waals surface area contributed by atoms with Crippen molar-refractivity contribution in [1.82, 2.24) is 38.2 Å². The molecule has 0 unspecified atom stereocenters. The number of fused-ring (bicyclic) bond motifs is 6. The Hall–Kier alpha value is -5.18. The molecule has 0 saturated carbocycles. The van der Waals surface area contributed by atoms with Gasteiger partial charge in [0.1, 0.15) is 11.2 Å². The van der Waals surface area contributed by atoms with Gasteiger partial charge in [0.2, 0.25) is 12.7 Å². The number of hydrogen-bond donors (Lipinski definition) is 0. The van der Waals surface area contributed by atoms with Crippen molar-refractivity contribution in [3.05, 3.63) is 111 Å². The average Bonchev–Trinajstić information content (AvgIpc) is 3.91. The number of aryl methyl sites for hydroxylation is 4. The predicted octanol–water partition coefficient (Wildman–Crippen LogP) is 4.31. The Kier molecular flexibility index (Phi) is 8.62. The fraction of sp³-hybridized carbons (Fsp3) is 0.111. The summed E-state index contributed by atoms with van der Waals surface area (Å²) in [6.07, 6.45) is 26.9. The molecule has 0 N–H and O–H groups in total. The molecule has 0 aliphatic heterocycles. The van der Waals surface area contributed by atoms with Gasteiger partial charge in [-0.25, -0.2) is 0 Å². The van der Waals surface area contributed by atoms with E-state index in [1.165, 1.54) is 0 Å². The summed E-state index contributed by atoms with van der Waals surface area (Å²) in [6, 6.07) is 12.1. The van der Waals surface area contributed by atoms with E-state index < -0.39 is 0 Å². The SMILES string of the molecule is Cn1c[c-]nc1-c1cccc2c1[n-]c1c(-n3[c-][n+](C)cc3)coc12.Cn1c[c-]nc1-c1cccc2c1[n-]c1c(-n3[c-][n+](C)cc3)coc12.[Pt].[Pt]. The minimum Gasteiger partial charge on any atom is -0.660 e. The molecule has 50 heavy (non-hydrogen) atoms. The molecule has 0 spiro atoms. The molecule has 0 atom stereocenters. The number of aromatic nitrogens is 10. The minimum absolute atomic E-state index is 0. The van der Waals surface area contributed by atoms with Crippen LogP contribution in [0.5, 0.6) is 0 Å². The monoisotopic (exact) mass is 1020 g/mol. The summed E-state index contributed by atoms with van der Waals surface area (Å²) in [5, 5.41) is 1.96. The fourth-order valence-corrected chi connectivity index (χ4v) is 6.11. The van der Waals surface area contributed by atoms with Crippen molar-refractivity contribution < 1.29 is 60.1 Å². The Labute approximate surface area is 314 Å². The molecule has 0 radical (unpaired) electrons. The topological polar surface area (TPSA) is 108 Å². The molecule has 10 rings (SSSR count). The average molecular weight is 1020 g/mol. The first-order chi connectivity index (χ1) is 23.4. The first-order valence-corrected chi connectivity index (χ1v) is 15.1. The van der Waals surface area contributed by atoms with Crippen LogP contribution in [0.25, 0.3) is 78.2 Å². The first kappa shape index (κ1) is 33.3. The Morgan fingerprint density at radius 3 is 1.44 bits per heavy atom. The van der Waals surface area contributed by atoms with E-state index in [4.69, 9.17) is 18.8 Å². The van der Waals surface area contributed by atoms with Gasteiger partial charge < -0.3 is 56.2 Å². The van der Waals surface area contributed by atoms with Gasteiger partial charge in [0.25, 0.3) is 0 Å². The summed E-state index contributed by atoms with van der Waals surface area (Å²) >= 11 is 0.